The van der Waals surface area contributed by atoms with Gasteiger partial charge in [0.15, 0.2) is 11.6 Å². The van der Waals surface area contributed by atoms with Crippen LogP contribution in [0.4, 0.5) is 20.4 Å². The van der Waals surface area contributed by atoms with Gasteiger partial charge in [-0.2, -0.15) is 4.39 Å². The highest BCUT2D eigenvalue weighted by Gasteiger charge is 2.40. The van der Waals surface area contributed by atoms with E-state index in [1.165, 1.54) is 11.8 Å². The summed E-state index contributed by atoms with van der Waals surface area (Å²) in [6.45, 7) is 1.75. The van der Waals surface area contributed by atoms with Gasteiger partial charge >= 0.3 is 0 Å². The average Bonchev–Trinajstić information content (AvgIpc) is 3.33. The van der Waals surface area contributed by atoms with Crippen molar-refractivity contribution in [1.82, 2.24) is 20.3 Å². The highest BCUT2D eigenvalue weighted by atomic mass is 32.2. The molecule has 1 aliphatic carbocycles. The van der Waals surface area contributed by atoms with Crippen molar-refractivity contribution in [2.75, 3.05) is 23.1 Å². The van der Waals surface area contributed by atoms with Crippen LogP contribution in [-0.4, -0.2) is 36.5 Å². The van der Waals surface area contributed by atoms with Gasteiger partial charge in [0.2, 0.25) is 27.7 Å². The van der Waals surface area contributed by atoms with Gasteiger partial charge in [0.05, 0.1) is 22.7 Å². The van der Waals surface area contributed by atoms with Crippen molar-refractivity contribution in [2.45, 2.75) is 5.75 Å². The molecule has 3 heterocycles. The van der Waals surface area contributed by atoms with E-state index in [9.17, 15) is 12.8 Å². The van der Waals surface area contributed by atoms with Crippen LogP contribution in [0.3, 0.4) is 0 Å². The van der Waals surface area contributed by atoms with Crippen LogP contribution in [0, 0.1) is 17.6 Å². The number of pyridine rings is 1. The summed E-state index contributed by atoms with van der Waals surface area (Å²) in [4.78, 5) is 13.0. The van der Waals surface area contributed by atoms with E-state index in [0.29, 0.717) is 28.7 Å². The molecule has 6 rings (SSSR count). The molecule has 3 N–H and O–H groups in total. The molecule has 39 heavy (non-hydrogen) atoms. The van der Waals surface area contributed by atoms with E-state index in [-0.39, 0.29) is 5.88 Å². The Morgan fingerprint density at radius 3 is 2.62 bits per heavy atom. The van der Waals surface area contributed by atoms with Gasteiger partial charge in [0.25, 0.3) is 0 Å². The molecule has 2 aliphatic rings. The minimum Gasteiger partial charge on any atom is -0.435 e. The van der Waals surface area contributed by atoms with Crippen molar-refractivity contribution in [2.24, 2.45) is 5.92 Å². The fraction of sp³-hybridized carbons (Fsp3) is 0.148. The lowest BCUT2D eigenvalue weighted by atomic mass is 10.2. The van der Waals surface area contributed by atoms with Gasteiger partial charge in [0, 0.05) is 37.1 Å². The Balaban J connectivity index is 1.21. The fourth-order valence-electron chi connectivity index (χ4n) is 4.43. The maximum atomic E-state index is 15.0. The van der Waals surface area contributed by atoms with Crippen LogP contribution in [0.15, 0.2) is 84.3 Å². The fourth-order valence-corrected chi connectivity index (χ4v) is 5.63. The molecular formula is C27H22F2N6O3S. The smallest absolute Gasteiger partial charge is 0.237 e. The Morgan fingerprint density at radius 2 is 1.82 bits per heavy atom. The molecule has 0 bridgehead atoms. The first kappa shape index (κ1) is 24.9. The lowest BCUT2D eigenvalue weighted by Crippen LogP contribution is -2.16. The maximum Gasteiger partial charge on any atom is 0.237 e. The third-order valence-corrected chi connectivity index (χ3v) is 7.61. The number of benzene rings is 2. The Morgan fingerprint density at radius 1 is 0.974 bits per heavy atom. The molecule has 198 valence electrons. The van der Waals surface area contributed by atoms with Gasteiger partial charge in [-0.15, -0.1) is 0 Å². The number of rotatable bonds is 9. The lowest BCUT2D eigenvalue weighted by molar-refractivity contribution is 0.407. The number of hydrogen-bond acceptors (Lipinski definition) is 8. The van der Waals surface area contributed by atoms with E-state index in [2.05, 4.69) is 30.3 Å². The number of nitrogens with one attached hydrogen (secondary N) is 3. The number of sulfonamides is 1. The topological polar surface area (TPSA) is 118 Å². The second-order valence-corrected chi connectivity index (χ2v) is 10.8. The summed E-state index contributed by atoms with van der Waals surface area (Å²) in [6, 6.07) is 15.6. The van der Waals surface area contributed by atoms with Gasteiger partial charge < -0.3 is 15.4 Å². The molecule has 9 nitrogen and oxygen atoms in total. The Kier molecular flexibility index (Phi) is 6.41. The second-order valence-electron chi connectivity index (χ2n) is 9.06. The second kappa shape index (κ2) is 10.0. The van der Waals surface area contributed by atoms with E-state index < -0.39 is 38.8 Å². The summed E-state index contributed by atoms with van der Waals surface area (Å²) < 4.78 is 62.6. The first-order valence-corrected chi connectivity index (χ1v) is 13.7. The van der Waals surface area contributed by atoms with Gasteiger partial charge in [-0.25, -0.2) is 27.8 Å². The number of nitrogens with zero attached hydrogens (tertiary/aromatic N) is 3. The standard InChI is InChI=1S/C27H22F2N6O3S/c28-23-21(35-39(36,37)15-16-5-2-1-3-6-16)8-9-22(24(23)29)38-26-17(7-4-11-31-26)20-10-12-32-27(33-20)34-25-18-13-30-14-19(18)25/h1-12,18,30,35H,13-15H2,(H,32,33,34)/t18-/m0/s1. The molecule has 0 amide bonds. The lowest BCUT2D eigenvalue weighted by Gasteiger charge is -2.13. The van der Waals surface area contributed by atoms with Crippen LogP contribution in [0.5, 0.6) is 11.6 Å². The van der Waals surface area contributed by atoms with Crippen LogP contribution in [0.1, 0.15) is 5.56 Å². The molecular weight excluding hydrogens is 526 g/mol. The number of aromatic nitrogens is 3. The molecule has 2 aromatic heterocycles. The minimum atomic E-state index is -3.99. The zero-order chi connectivity index (χ0) is 27.0. The van der Waals surface area contributed by atoms with Crippen molar-refractivity contribution in [3.05, 3.63) is 102 Å². The van der Waals surface area contributed by atoms with Crippen molar-refractivity contribution < 1.29 is 21.9 Å². The monoisotopic (exact) mass is 548 g/mol. The number of fused-ring (bicyclic) bond motifs is 1. The van der Waals surface area contributed by atoms with E-state index >= 15 is 4.39 Å². The van der Waals surface area contributed by atoms with Crippen LogP contribution < -0.4 is 20.1 Å². The molecule has 0 saturated carbocycles. The van der Waals surface area contributed by atoms with Gasteiger partial charge in [-0.1, -0.05) is 30.3 Å². The molecule has 2 aromatic carbocycles. The van der Waals surface area contributed by atoms with Crippen molar-refractivity contribution in [3.63, 3.8) is 0 Å². The molecule has 1 atom stereocenters. The molecule has 0 unspecified atom stereocenters. The zero-order valence-electron chi connectivity index (χ0n) is 20.4. The van der Waals surface area contributed by atoms with E-state index in [1.807, 2.05) is 0 Å². The number of hydrogen-bond donors (Lipinski definition) is 3. The highest BCUT2D eigenvalue weighted by Crippen LogP contribution is 2.41. The van der Waals surface area contributed by atoms with Crippen LogP contribution in [0.2, 0.25) is 0 Å². The molecule has 1 aliphatic heterocycles. The first-order chi connectivity index (χ1) is 18.9. The predicted octanol–water partition coefficient (Wildman–Crippen LogP) is 4.45. The summed E-state index contributed by atoms with van der Waals surface area (Å²) in [7, 11) is -3.99. The Bertz CT molecular complexity index is 1700. The zero-order valence-corrected chi connectivity index (χ0v) is 21.2. The normalized spacial score (nSPS) is 16.1. The SMILES string of the molecule is O=S(=O)(Cc1ccccc1)Nc1ccc(Oc2ncccc2-c2ccnc(NC3=C4CNC[C@@H]43)n2)c(F)c1F. The largest absolute Gasteiger partial charge is 0.435 e. The molecule has 0 spiro atoms. The van der Waals surface area contributed by atoms with Crippen molar-refractivity contribution in [1.29, 1.82) is 0 Å². The molecule has 1 saturated heterocycles. The number of halogens is 2. The third kappa shape index (κ3) is 5.29. The molecule has 4 aromatic rings. The first-order valence-electron chi connectivity index (χ1n) is 12.1. The third-order valence-electron chi connectivity index (χ3n) is 6.36. The van der Waals surface area contributed by atoms with Crippen LogP contribution >= 0.6 is 0 Å². The summed E-state index contributed by atoms with van der Waals surface area (Å²) in [5.74, 6) is -2.81. The minimum absolute atomic E-state index is 0.00706. The maximum absolute atomic E-state index is 15.0. The van der Waals surface area contributed by atoms with Gasteiger partial charge in [0.1, 0.15) is 0 Å². The van der Waals surface area contributed by atoms with E-state index in [0.717, 1.165) is 30.9 Å². The summed E-state index contributed by atoms with van der Waals surface area (Å²) >= 11 is 0. The average molecular weight is 549 g/mol. The summed E-state index contributed by atoms with van der Waals surface area (Å²) in [5, 5.41) is 6.53. The molecule has 1 fully saturated rings. The predicted molar refractivity (Wildman–Crippen MR) is 141 cm³/mol. The Hall–Kier alpha value is -4.42. The number of ether oxygens (including phenoxy) is 1. The van der Waals surface area contributed by atoms with E-state index in [1.54, 1.807) is 54.7 Å². The molecule has 0 radical (unpaired) electrons. The number of anilines is 2. The van der Waals surface area contributed by atoms with Crippen LogP contribution in [-0.2, 0) is 15.8 Å². The Labute approximate surface area is 223 Å². The van der Waals surface area contributed by atoms with Gasteiger partial charge in [-0.05, 0) is 41.5 Å². The molecule has 12 heteroatoms. The highest BCUT2D eigenvalue weighted by molar-refractivity contribution is 7.91. The summed E-state index contributed by atoms with van der Waals surface area (Å²) in [5.41, 5.74) is 3.32. The summed E-state index contributed by atoms with van der Waals surface area (Å²) in [6.07, 6.45) is 3.03. The quantitative estimate of drug-likeness (QED) is 0.281. The van der Waals surface area contributed by atoms with Crippen molar-refractivity contribution in [3.8, 4) is 22.9 Å². The van der Waals surface area contributed by atoms with E-state index in [4.69, 9.17) is 4.74 Å². The van der Waals surface area contributed by atoms with Crippen molar-refractivity contribution >= 4 is 21.7 Å². The van der Waals surface area contributed by atoms with Crippen LogP contribution in [0.25, 0.3) is 11.3 Å². The van der Waals surface area contributed by atoms with Gasteiger partial charge in [-0.3, -0.25) is 4.72 Å².